The molecule has 0 bridgehead atoms. The SMILES string of the molecule is COc1cc(/C=N\NC(=O)c2cc3ccccc3o2)ccc1OC(=O)c1ccc(Cl)cc1. The van der Waals surface area contributed by atoms with Crippen LogP contribution in [0.15, 0.2) is 82.3 Å². The van der Waals surface area contributed by atoms with Gasteiger partial charge in [0, 0.05) is 10.4 Å². The van der Waals surface area contributed by atoms with Gasteiger partial charge in [-0.1, -0.05) is 29.8 Å². The summed E-state index contributed by atoms with van der Waals surface area (Å²) in [5.74, 6) is -0.279. The summed E-state index contributed by atoms with van der Waals surface area (Å²) in [4.78, 5) is 24.6. The maximum Gasteiger partial charge on any atom is 0.343 e. The number of hydrogen-bond donors (Lipinski definition) is 1. The van der Waals surface area contributed by atoms with Crippen LogP contribution < -0.4 is 14.9 Å². The van der Waals surface area contributed by atoms with Gasteiger partial charge in [0.15, 0.2) is 17.3 Å². The number of methoxy groups -OCH3 is 1. The number of furan rings is 1. The fourth-order valence-electron chi connectivity index (χ4n) is 2.91. The number of hydrazone groups is 1. The first-order valence-electron chi connectivity index (χ1n) is 9.51. The second-order valence-corrected chi connectivity index (χ2v) is 7.09. The molecule has 160 valence electrons. The smallest absolute Gasteiger partial charge is 0.343 e. The van der Waals surface area contributed by atoms with Gasteiger partial charge in [0.2, 0.25) is 0 Å². The van der Waals surface area contributed by atoms with E-state index in [9.17, 15) is 9.59 Å². The molecule has 0 atom stereocenters. The Kier molecular flexibility index (Phi) is 6.19. The first-order chi connectivity index (χ1) is 15.5. The number of fused-ring (bicyclic) bond motifs is 1. The first kappa shape index (κ1) is 21.1. The van der Waals surface area contributed by atoms with Gasteiger partial charge in [-0.05, 0) is 60.2 Å². The van der Waals surface area contributed by atoms with Crippen LogP contribution in [0.5, 0.6) is 11.5 Å². The molecule has 32 heavy (non-hydrogen) atoms. The van der Waals surface area contributed by atoms with E-state index in [-0.39, 0.29) is 11.5 Å². The summed E-state index contributed by atoms with van der Waals surface area (Å²) in [5.41, 5.74) is 4.02. The molecule has 1 heterocycles. The van der Waals surface area contributed by atoms with Gasteiger partial charge in [0.25, 0.3) is 0 Å². The number of hydrogen-bond acceptors (Lipinski definition) is 6. The summed E-state index contributed by atoms with van der Waals surface area (Å²) in [6, 6.07) is 20.2. The normalized spacial score (nSPS) is 10.9. The minimum absolute atomic E-state index is 0.158. The lowest BCUT2D eigenvalue weighted by Gasteiger charge is -2.10. The quantitative estimate of drug-likeness (QED) is 0.192. The summed E-state index contributed by atoms with van der Waals surface area (Å²) in [7, 11) is 1.46. The monoisotopic (exact) mass is 448 g/mol. The molecular weight excluding hydrogens is 432 g/mol. The fraction of sp³-hybridized carbons (Fsp3) is 0.0417. The van der Waals surface area contributed by atoms with Crippen LogP contribution in [0.4, 0.5) is 0 Å². The van der Waals surface area contributed by atoms with Crippen molar-refractivity contribution in [2.75, 3.05) is 7.11 Å². The summed E-state index contributed by atoms with van der Waals surface area (Å²) in [6.07, 6.45) is 1.44. The maximum absolute atomic E-state index is 12.3. The molecule has 1 aromatic heterocycles. The predicted molar refractivity (Wildman–Crippen MR) is 121 cm³/mol. The number of ether oxygens (including phenoxy) is 2. The van der Waals surface area contributed by atoms with Gasteiger partial charge in [-0.25, -0.2) is 10.2 Å². The minimum Gasteiger partial charge on any atom is -0.493 e. The van der Waals surface area contributed by atoms with Crippen molar-refractivity contribution in [1.29, 1.82) is 0 Å². The molecule has 3 aromatic carbocycles. The molecule has 7 nitrogen and oxygen atoms in total. The van der Waals surface area contributed by atoms with Crippen LogP contribution in [0, 0.1) is 0 Å². The molecule has 4 rings (SSSR count). The molecule has 1 N–H and O–H groups in total. The Balaban J connectivity index is 1.42. The minimum atomic E-state index is -0.542. The van der Waals surface area contributed by atoms with Crippen molar-refractivity contribution in [3.63, 3.8) is 0 Å². The highest BCUT2D eigenvalue weighted by Crippen LogP contribution is 2.28. The number of para-hydroxylation sites is 1. The zero-order valence-electron chi connectivity index (χ0n) is 16.9. The van der Waals surface area contributed by atoms with Crippen LogP contribution in [-0.2, 0) is 0 Å². The largest absolute Gasteiger partial charge is 0.493 e. The molecule has 8 heteroatoms. The Hall–Kier alpha value is -4.10. The molecule has 0 spiro atoms. The lowest BCUT2D eigenvalue weighted by atomic mass is 10.2. The molecule has 0 radical (unpaired) electrons. The Morgan fingerprint density at radius 1 is 1.00 bits per heavy atom. The number of rotatable bonds is 6. The Morgan fingerprint density at radius 3 is 2.53 bits per heavy atom. The standard InChI is InChI=1S/C24H17ClN2O5/c1-30-21-12-15(6-11-20(21)32-24(29)16-7-9-18(25)10-8-16)14-26-27-23(28)22-13-17-4-2-3-5-19(17)31-22/h2-14H,1H3,(H,27,28)/b26-14-. The van der Waals surface area contributed by atoms with Gasteiger partial charge >= 0.3 is 11.9 Å². The molecule has 0 aliphatic rings. The molecule has 0 aliphatic carbocycles. The van der Waals surface area contributed by atoms with Gasteiger partial charge in [-0.3, -0.25) is 4.79 Å². The number of amides is 1. The van der Waals surface area contributed by atoms with E-state index in [1.807, 2.05) is 18.2 Å². The summed E-state index contributed by atoms with van der Waals surface area (Å²) in [6.45, 7) is 0. The van der Waals surface area contributed by atoms with Crippen molar-refractivity contribution in [3.8, 4) is 11.5 Å². The van der Waals surface area contributed by atoms with Crippen molar-refractivity contribution in [3.05, 3.63) is 94.7 Å². The topological polar surface area (TPSA) is 90.1 Å². The van der Waals surface area contributed by atoms with E-state index >= 15 is 0 Å². The molecule has 0 saturated heterocycles. The van der Waals surface area contributed by atoms with Crippen molar-refractivity contribution in [2.45, 2.75) is 0 Å². The molecule has 0 unspecified atom stereocenters. The third kappa shape index (κ3) is 4.79. The van der Waals surface area contributed by atoms with E-state index < -0.39 is 11.9 Å². The van der Waals surface area contributed by atoms with Crippen LogP contribution in [0.2, 0.25) is 5.02 Å². The number of carbonyl (C=O) groups is 2. The lowest BCUT2D eigenvalue weighted by molar-refractivity contribution is 0.0729. The van der Waals surface area contributed by atoms with Crippen molar-refractivity contribution in [2.24, 2.45) is 5.10 Å². The summed E-state index contributed by atoms with van der Waals surface area (Å²) in [5, 5.41) is 5.30. The number of nitrogens with zero attached hydrogens (tertiary/aromatic N) is 1. The van der Waals surface area contributed by atoms with Gasteiger partial charge < -0.3 is 13.9 Å². The highest BCUT2D eigenvalue weighted by molar-refractivity contribution is 6.30. The number of esters is 1. The Labute approximate surface area is 188 Å². The van der Waals surface area contributed by atoms with Crippen LogP contribution in [0.25, 0.3) is 11.0 Å². The molecule has 0 saturated carbocycles. The van der Waals surface area contributed by atoms with E-state index in [0.717, 1.165) is 5.39 Å². The molecule has 4 aromatic rings. The predicted octanol–water partition coefficient (Wildman–Crippen LogP) is 5.08. The summed E-state index contributed by atoms with van der Waals surface area (Å²) >= 11 is 5.84. The lowest BCUT2D eigenvalue weighted by Crippen LogP contribution is -2.16. The zero-order valence-corrected chi connectivity index (χ0v) is 17.6. The van der Waals surface area contributed by atoms with Crippen LogP contribution in [0.3, 0.4) is 0 Å². The van der Waals surface area contributed by atoms with Crippen LogP contribution in [-0.4, -0.2) is 25.2 Å². The van der Waals surface area contributed by atoms with E-state index in [2.05, 4.69) is 10.5 Å². The van der Waals surface area contributed by atoms with Gasteiger partial charge in [-0.2, -0.15) is 5.10 Å². The number of carbonyl (C=O) groups excluding carboxylic acids is 2. The third-order valence-corrected chi connectivity index (χ3v) is 4.75. The van der Waals surface area contributed by atoms with E-state index in [4.69, 9.17) is 25.5 Å². The van der Waals surface area contributed by atoms with E-state index in [1.54, 1.807) is 54.6 Å². The van der Waals surface area contributed by atoms with E-state index in [1.165, 1.54) is 13.3 Å². The Morgan fingerprint density at radius 2 is 1.78 bits per heavy atom. The highest BCUT2D eigenvalue weighted by atomic mass is 35.5. The average Bonchev–Trinajstić information content (AvgIpc) is 3.25. The highest BCUT2D eigenvalue weighted by Gasteiger charge is 2.13. The van der Waals surface area contributed by atoms with Gasteiger partial charge in [0.05, 0.1) is 18.9 Å². The molecule has 1 amide bonds. The van der Waals surface area contributed by atoms with Crippen LogP contribution in [0.1, 0.15) is 26.5 Å². The van der Waals surface area contributed by atoms with Crippen molar-refractivity contribution < 1.29 is 23.5 Å². The zero-order chi connectivity index (χ0) is 22.5. The van der Waals surface area contributed by atoms with Gasteiger partial charge in [-0.15, -0.1) is 0 Å². The second kappa shape index (κ2) is 9.36. The second-order valence-electron chi connectivity index (χ2n) is 6.65. The van der Waals surface area contributed by atoms with Crippen LogP contribution >= 0.6 is 11.6 Å². The first-order valence-corrected chi connectivity index (χ1v) is 9.89. The fourth-order valence-corrected chi connectivity index (χ4v) is 3.03. The maximum atomic E-state index is 12.3. The molecule has 0 aliphatic heterocycles. The number of nitrogens with one attached hydrogen (secondary N) is 1. The van der Waals surface area contributed by atoms with Crippen molar-refractivity contribution >= 4 is 40.7 Å². The van der Waals surface area contributed by atoms with Gasteiger partial charge in [0.1, 0.15) is 5.58 Å². The van der Waals surface area contributed by atoms with Crippen molar-refractivity contribution in [1.82, 2.24) is 5.43 Å². The number of benzene rings is 3. The molecule has 0 fully saturated rings. The number of halogens is 1. The Bertz CT molecular complexity index is 1280. The summed E-state index contributed by atoms with van der Waals surface area (Å²) < 4.78 is 16.2. The van der Waals surface area contributed by atoms with E-state index in [0.29, 0.717) is 27.5 Å². The third-order valence-electron chi connectivity index (χ3n) is 4.50. The average molecular weight is 449 g/mol. The molecular formula is C24H17ClN2O5.